The second kappa shape index (κ2) is 9.04. The van der Waals surface area contributed by atoms with Gasteiger partial charge >= 0.3 is 0 Å². The number of hydrogen-bond acceptors (Lipinski definition) is 4. The minimum absolute atomic E-state index is 0.0701. The molecule has 4 rings (SSSR count). The van der Waals surface area contributed by atoms with Crippen molar-refractivity contribution in [3.63, 3.8) is 0 Å². The van der Waals surface area contributed by atoms with Crippen molar-refractivity contribution in [1.29, 1.82) is 0 Å². The molecule has 0 unspecified atom stereocenters. The molecule has 1 N–H and O–H groups in total. The summed E-state index contributed by atoms with van der Waals surface area (Å²) in [5.41, 5.74) is 0. The van der Waals surface area contributed by atoms with Crippen LogP contribution in [0, 0.1) is 5.92 Å². The number of likely N-dealkylation sites (N-methyl/N-ethyl adjacent to an activating group) is 1. The predicted octanol–water partition coefficient (Wildman–Crippen LogP) is 2.84. The van der Waals surface area contributed by atoms with Crippen molar-refractivity contribution in [1.82, 2.24) is 14.5 Å². The van der Waals surface area contributed by atoms with Crippen LogP contribution >= 0.6 is 0 Å². The molecule has 0 bridgehead atoms. The summed E-state index contributed by atoms with van der Waals surface area (Å²) in [5.74, 6) is -0.0368. The minimum Gasteiger partial charge on any atom is -0.354 e. The van der Waals surface area contributed by atoms with Crippen LogP contribution in [0.2, 0.25) is 0 Å². The number of piperidine rings is 1. The first-order valence-electron chi connectivity index (χ1n) is 11.0. The third-order valence-corrected chi connectivity index (χ3v) is 8.50. The molecule has 0 aliphatic carbocycles. The normalized spacial score (nSPS) is 21.8. The molecule has 2 aliphatic heterocycles. The lowest BCUT2D eigenvalue weighted by molar-refractivity contribution is -0.126. The van der Waals surface area contributed by atoms with Crippen molar-refractivity contribution in [2.45, 2.75) is 43.5 Å². The van der Waals surface area contributed by atoms with Gasteiger partial charge in [0.2, 0.25) is 15.9 Å². The van der Waals surface area contributed by atoms with Crippen molar-refractivity contribution < 1.29 is 13.2 Å². The van der Waals surface area contributed by atoms with Crippen LogP contribution in [-0.2, 0) is 14.8 Å². The Morgan fingerprint density at radius 1 is 1.03 bits per heavy atom. The van der Waals surface area contributed by atoms with E-state index >= 15 is 0 Å². The molecule has 2 aromatic rings. The Morgan fingerprint density at radius 2 is 1.77 bits per heavy atom. The van der Waals surface area contributed by atoms with Crippen molar-refractivity contribution in [3.05, 3.63) is 42.5 Å². The average Bonchev–Trinajstić information content (AvgIpc) is 3.25. The molecule has 0 aromatic heterocycles. The smallest absolute Gasteiger partial charge is 0.243 e. The molecule has 2 heterocycles. The third-order valence-electron chi connectivity index (χ3n) is 6.60. The van der Waals surface area contributed by atoms with Crippen molar-refractivity contribution in [2.75, 3.05) is 32.7 Å². The molecule has 7 heteroatoms. The lowest BCUT2D eigenvalue weighted by Crippen LogP contribution is -2.45. The van der Waals surface area contributed by atoms with E-state index in [1.807, 2.05) is 30.3 Å². The zero-order chi connectivity index (χ0) is 21.1. The molecule has 30 heavy (non-hydrogen) atoms. The van der Waals surface area contributed by atoms with Gasteiger partial charge in [-0.15, -0.1) is 0 Å². The van der Waals surface area contributed by atoms with Gasteiger partial charge in [0.1, 0.15) is 0 Å². The van der Waals surface area contributed by atoms with E-state index in [1.165, 1.54) is 10.7 Å². The van der Waals surface area contributed by atoms with Crippen LogP contribution in [0.1, 0.15) is 32.6 Å². The van der Waals surface area contributed by atoms with Crippen LogP contribution in [0.25, 0.3) is 10.8 Å². The van der Waals surface area contributed by atoms with Crippen LogP contribution in [-0.4, -0.2) is 62.3 Å². The molecule has 1 atom stereocenters. The second-order valence-corrected chi connectivity index (χ2v) is 10.3. The fourth-order valence-corrected chi connectivity index (χ4v) is 6.25. The Bertz CT molecular complexity index is 1000. The first-order valence-corrected chi connectivity index (χ1v) is 12.4. The van der Waals surface area contributed by atoms with E-state index in [2.05, 4.69) is 17.1 Å². The number of amides is 1. The lowest BCUT2D eigenvalue weighted by atomic mass is 9.97. The highest BCUT2D eigenvalue weighted by molar-refractivity contribution is 7.89. The standard InChI is InChI=1S/C23H31N3O3S/c1-2-25-13-5-8-21(25)17-24-23(27)19-11-14-26(15-12-19)30(28,29)22-10-9-18-6-3-4-7-20(18)16-22/h3-4,6-7,9-10,16,19,21H,2,5,8,11-15,17H2,1H3,(H,24,27)/t21-/m0/s1. The summed E-state index contributed by atoms with van der Waals surface area (Å²) < 4.78 is 27.7. The maximum Gasteiger partial charge on any atom is 0.243 e. The highest BCUT2D eigenvalue weighted by atomic mass is 32.2. The van der Waals surface area contributed by atoms with E-state index < -0.39 is 10.0 Å². The first-order chi connectivity index (χ1) is 14.5. The number of hydrogen-bond donors (Lipinski definition) is 1. The van der Waals surface area contributed by atoms with Gasteiger partial charge in [0.25, 0.3) is 0 Å². The first kappa shape index (κ1) is 21.3. The van der Waals surface area contributed by atoms with Crippen LogP contribution < -0.4 is 5.32 Å². The SMILES string of the molecule is CCN1CCC[C@H]1CNC(=O)C1CCN(S(=O)(=O)c2ccc3ccccc3c2)CC1. The highest BCUT2D eigenvalue weighted by Gasteiger charge is 2.32. The summed E-state index contributed by atoms with van der Waals surface area (Å²) >= 11 is 0. The summed E-state index contributed by atoms with van der Waals surface area (Å²) in [6, 6.07) is 13.5. The van der Waals surface area contributed by atoms with E-state index in [0.29, 0.717) is 43.4 Å². The topological polar surface area (TPSA) is 69.7 Å². The van der Waals surface area contributed by atoms with E-state index in [9.17, 15) is 13.2 Å². The highest BCUT2D eigenvalue weighted by Crippen LogP contribution is 2.26. The zero-order valence-electron chi connectivity index (χ0n) is 17.6. The molecule has 0 radical (unpaired) electrons. The Labute approximate surface area is 179 Å². The van der Waals surface area contributed by atoms with Gasteiger partial charge in [-0.2, -0.15) is 4.31 Å². The summed E-state index contributed by atoms with van der Waals surface area (Å²) in [7, 11) is -3.54. The maximum absolute atomic E-state index is 13.1. The fourth-order valence-electron chi connectivity index (χ4n) is 4.74. The molecule has 0 spiro atoms. The van der Waals surface area contributed by atoms with Gasteiger partial charge in [0.05, 0.1) is 4.90 Å². The van der Waals surface area contributed by atoms with Crippen molar-refractivity contribution in [3.8, 4) is 0 Å². The Balaban J connectivity index is 1.34. The summed E-state index contributed by atoms with van der Waals surface area (Å²) in [6.07, 6.45) is 3.47. The predicted molar refractivity (Wildman–Crippen MR) is 119 cm³/mol. The average molecular weight is 430 g/mol. The summed E-state index contributed by atoms with van der Waals surface area (Å²) in [4.78, 5) is 15.4. The second-order valence-electron chi connectivity index (χ2n) is 8.36. The molecular weight excluding hydrogens is 398 g/mol. The monoisotopic (exact) mass is 429 g/mol. The number of carbonyl (C=O) groups is 1. The molecule has 2 fully saturated rings. The molecule has 2 saturated heterocycles. The van der Waals surface area contributed by atoms with E-state index in [1.54, 1.807) is 12.1 Å². The number of nitrogens with zero attached hydrogens (tertiary/aromatic N) is 2. The van der Waals surface area contributed by atoms with Crippen LogP contribution in [0.3, 0.4) is 0 Å². The quantitative estimate of drug-likeness (QED) is 0.767. The van der Waals surface area contributed by atoms with Gasteiger partial charge in [-0.1, -0.05) is 37.3 Å². The lowest BCUT2D eigenvalue weighted by Gasteiger charge is -2.31. The van der Waals surface area contributed by atoms with Gasteiger partial charge in [0, 0.05) is 31.6 Å². The van der Waals surface area contributed by atoms with Crippen molar-refractivity contribution in [2.24, 2.45) is 5.92 Å². The number of carbonyl (C=O) groups excluding carboxylic acids is 1. The molecule has 2 aliphatic rings. The van der Waals surface area contributed by atoms with Crippen LogP contribution in [0.4, 0.5) is 0 Å². The van der Waals surface area contributed by atoms with Gasteiger partial charge in [0.15, 0.2) is 0 Å². The Hall–Kier alpha value is -1.96. The molecule has 0 saturated carbocycles. The number of fused-ring (bicyclic) bond motifs is 1. The van der Waals surface area contributed by atoms with Gasteiger partial charge < -0.3 is 5.32 Å². The Kier molecular flexibility index (Phi) is 6.41. The molecule has 2 aromatic carbocycles. The van der Waals surface area contributed by atoms with Gasteiger partial charge in [-0.3, -0.25) is 9.69 Å². The number of rotatable bonds is 6. The van der Waals surface area contributed by atoms with Gasteiger partial charge in [-0.25, -0.2) is 8.42 Å². The van der Waals surface area contributed by atoms with E-state index in [0.717, 1.165) is 30.3 Å². The summed E-state index contributed by atoms with van der Waals surface area (Å²) in [5, 5.41) is 5.06. The van der Waals surface area contributed by atoms with Gasteiger partial charge in [-0.05, 0) is 61.7 Å². The van der Waals surface area contributed by atoms with Crippen LogP contribution in [0.15, 0.2) is 47.4 Å². The largest absolute Gasteiger partial charge is 0.354 e. The molecule has 1 amide bonds. The molecular formula is C23H31N3O3S. The van der Waals surface area contributed by atoms with E-state index in [4.69, 9.17) is 0 Å². The molecule has 6 nitrogen and oxygen atoms in total. The number of benzene rings is 2. The number of likely N-dealkylation sites (tertiary alicyclic amines) is 1. The minimum atomic E-state index is -3.54. The van der Waals surface area contributed by atoms with Crippen LogP contribution in [0.5, 0.6) is 0 Å². The fraction of sp³-hybridized carbons (Fsp3) is 0.522. The number of nitrogens with one attached hydrogen (secondary N) is 1. The van der Waals surface area contributed by atoms with Crippen molar-refractivity contribution >= 4 is 26.7 Å². The summed E-state index contributed by atoms with van der Waals surface area (Å²) in [6.45, 7) is 5.76. The Morgan fingerprint density at radius 3 is 2.50 bits per heavy atom. The molecule has 162 valence electrons. The van der Waals surface area contributed by atoms with E-state index in [-0.39, 0.29) is 11.8 Å². The number of sulfonamides is 1. The third kappa shape index (κ3) is 4.38. The zero-order valence-corrected chi connectivity index (χ0v) is 18.4. The maximum atomic E-state index is 13.1.